The van der Waals surface area contributed by atoms with Crippen LogP contribution in [0.15, 0.2) is 60.8 Å². The first-order valence-electron chi connectivity index (χ1n) is 15.3. The zero-order chi connectivity index (χ0) is 33.6. The molecule has 2 bridgehead atoms. The van der Waals surface area contributed by atoms with E-state index >= 15 is 0 Å². The summed E-state index contributed by atoms with van der Waals surface area (Å²) in [5.74, 6) is -2.31. The van der Waals surface area contributed by atoms with Gasteiger partial charge in [0.25, 0.3) is 5.91 Å². The Hall–Kier alpha value is -4.75. The molecular weight excluding hydrogens is 592 g/mol. The first kappa shape index (κ1) is 34.1. The Kier molecular flexibility index (Phi) is 10.8. The summed E-state index contributed by atoms with van der Waals surface area (Å²) in [6.07, 6.45) is 3.00. The van der Waals surface area contributed by atoms with Crippen molar-refractivity contribution in [3.63, 3.8) is 0 Å². The monoisotopic (exact) mass is 634 g/mol. The number of likely N-dealkylation sites (N-methyl/N-ethyl adjacent to an activating group) is 1. The molecule has 0 spiro atoms. The molecule has 2 aromatic carbocycles. The highest BCUT2D eigenvalue weighted by Crippen LogP contribution is 2.27. The van der Waals surface area contributed by atoms with Crippen LogP contribution < -0.4 is 26.0 Å². The molecule has 3 heterocycles. The Labute approximate surface area is 268 Å². The average Bonchev–Trinajstić information content (AvgIpc) is 3.42. The van der Waals surface area contributed by atoms with Gasteiger partial charge < -0.3 is 35.4 Å². The molecule has 3 aliphatic rings. The molecule has 13 heteroatoms. The van der Waals surface area contributed by atoms with Crippen molar-refractivity contribution in [2.45, 2.75) is 63.9 Å². The van der Waals surface area contributed by atoms with Crippen molar-refractivity contribution in [1.29, 1.82) is 0 Å². The number of hydroxylamine groups is 3. The first-order chi connectivity index (χ1) is 21.7. The molecular formula is C33H42N6O7. The van der Waals surface area contributed by atoms with E-state index in [-0.39, 0.29) is 13.0 Å². The molecule has 0 radical (unpaired) electrons. The third-order valence-electron chi connectivity index (χ3n) is 8.25. The fourth-order valence-corrected chi connectivity index (χ4v) is 5.28. The fraction of sp³-hybridized carbons (Fsp3) is 0.424. The van der Waals surface area contributed by atoms with Crippen LogP contribution in [0.5, 0.6) is 5.75 Å². The van der Waals surface area contributed by atoms with Crippen LogP contribution in [0.1, 0.15) is 38.3 Å². The van der Waals surface area contributed by atoms with Gasteiger partial charge in [-0.2, -0.15) is 0 Å². The van der Waals surface area contributed by atoms with E-state index in [4.69, 9.17) is 4.74 Å². The molecule has 246 valence electrons. The second kappa shape index (κ2) is 14.6. The van der Waals surface area contributed by atoms with Crippen LogP contribution >= 0.6 is 0 Å². The lowest BCUT2D eigenvalue weighted by molar-refractivity contribution is -0.854. The Bertz CT molecular complexity index is 1460. The quantitative estimate of drug-likeness (QED) is 0.265. The second-order valence-corrected chi connectivity index (χ2v) is 12.4. The van der Waals surface area contributed by atoms with Crippen molar-refractivity contribution in [3.05, 3.63) is 77.1 Å². The predicted octanol–water partition coefficient (Wildman–Crippen LogP) is 1.68. The number of carbonyl (C=O) groups excluding carboxylic acids is 5. The van der Waals surface area contributed by atoms with E-state index in [1.165, 1.54) is 32.1 Å². The molecule has 1 saturated heterocycles. The van der Waals surface area contributed by atoms with E-state index < -0.39 is 70.5 Å². The smallest absolute Gasteiger partial charge is 0.322 e. The number of nitrogens with one attached hydrogen (secondary N) is 4. The highest BCUT2D eigenvalue weighted by atomic mass is 16.5. The Morgan fingerprint density at radius 1 is 1.02 bits per heavy atom. The van der Waals surface area contributed by atoms with E-state index in [0.29, 0.717) is 12.2 Å². The van der Waals surface area contributed by atoms with E-state index in [2.05, 4.69) is 21.3 Å². The molecule has 0 unspecified atom stereocenters. The molecule has 2 aromatic rings. The second-order valence-electron chi connectivity index (χ2n) is 12.4. The third-order valence-corrected chi connectivity index (χ3v) is 8.25. The van der Waals surface area contributed by atoms with Crippen LogP contribution in [0, 0.1) is 11.1 Å². The van der Waals surface area contributed by atoms with Crippen LogP contribution in [-0.4, -0.2) is 90.1 Å². The highest BCUT2D eigenvalue weighted by Gasteiger charge is 2.46. The van der Waals surface area contributed by atoms with Crippen LogP contribution in [0.3, 0.4) is 0 Å². The number of quaternary nitrogens is 1. The molecule has 0 aliphatic carbocycles. The number of urea groups is 1. The van der Waals surface area contributed by atoms with Gasteiger partial charge in [0.2, 0.25) is 17.7 Å². The van der Waals surface area contributed by atoms with Crippen molar-refractivity contribution < 1.29 is 33.4 Å². The maximum Gasteiger partial charge on any atom is 0.322 e. The lowest BCUT2D eigenvalue weighted by atomic mass is 10.0. The molecule has 5 rings (SSSR count). The summed E-state index contributed by atoms with van der Waals surface area (Å²) in [5, 5.41) is 22.5. The van der Waals surface area contributed by atoms with Gasteiger partial charge in [-0.1, -0.05) is 56.3 Å². The molecule has 3 aliphatic heterocycles. The average molecular weight is 635 g/mol. The van der Waals surface area contributed by atoms with Crippen molar-refractivity contribution >= 4 is 35.7 Å². The van der Waals surface area contributed by atoms with Gasteiger partial charge in [0.1, 0.15) is 30.0 Å². The minimum absolute atomic E-state index is 0.140. The number of likely N-dealkylation sites (tertiary alicyclic amines) is 1. The van der Waals surface area contributed by atoms with E-state index in [1.54, 1.807) is 32.1 Å². The van der Waals surface area contributed by atoms with Gasteiger partial charge in [-0.25, -0.2) is 4.79 Å². The van der Waals surface area contributed by atoms with Crippen LogP contribution in [0.4, 0.5) is 4.79 Å². The third kappa shape index (κ3) is 8.49. The number of benzene rings is 2. The number of fused-ring (bicyclic) bond motifs is 7. The van der Waals surface area contributed by atoms with Crippen molar-refractivity contribution in [3.8, 4) is 5.75 Å². The Morgan fingerprint density at radius 3 is 2.33 bits per heavy atom. The van der Waals surface area contributed by atoms with Gasteiger partial charge in [-0.15, -0.1) is 0 Å². The maximum absolute atomic E-state index is 14.1. The van der Waals surface area contributed by atoms with Crippen LogP contribution in [-0.2, 0) is 25.6 Å². The zero-order valence-corrected chi connectivity index (χ0v) is 26.7. The van der Waals surface area contributed by atoms with E-state index in [1.807, 2.05) is 42.5 Å². The van der Waals surface area contributed by atoms with Gasteiger partial charge in [-0.05, 0) is 42.2 Å². The molecule has 0 saturated carbocycles. The van der Waals surface area contributed by atoms with E-state index in [0.717, 1.165) is 11.1 Å². The normalized spacial score (nSPS) is 22.0. The van der Waals surface area contributed by atoms with Gasteiger partial charge in [0.05, 0.1) is 14.1 Å². The first-order valence-corrected chi connectivity index (χ1v) is 15.3. The lowest BCUT2D eigenvalue weighted by Crippen LogP contribution is -2.61. The van der Waals surface area contributed by atoms with E-state index in [9.17, 15) is 29.2 Å². The number of carbonyl (C=O) groups is 5. The SMILES string of the molecule is CC(C)[C@H](NC(=O)NC(=O)[C@@H](C)[N+](C)(C)[O-])C(=O)N1CC[C@@H]2Oc3ccc(cc3)/C=C\NC(=O)[C@H](Cc3ccccc3)NC(=O)[C@H]21. The number of ether oxygens (including phenoxy) is 1. The summed E-state index contributed by atoms with van der Waals surface area (Å²) in [7, 11) is 2.57. The van der Waals surface area contributed by atoms with Gasteiger partial charge in [-0.3, -0.25) is 24.5 Å². The maximum atomic E-state index is 14.1. The highest BCUT2D eigenvalue weighted by molar-refractivity contribution is 5.99. The van der Waals surface area contributed by atoms with Crippen LogP contribution in [0.2, 0.25) is 0 Å². The molecule has 46 heavy (non-hydrogen) atoms. The number of rotatable bonds is 7. The number of amides is 6. The predicted molar refractivity (Wildman–Crippen MR) is 170 cm³/mol. The topological polar surface area (TPSA) is 169 Å². The molecule has 1 fully saturated rings. The number of nitrogens with zero attached hydrogens (tertiary/aromatic N) is 2. The molecule has 6 amide bonds. The van der Waals surface area contributed by atoms with Crippen molar-refractivity contribution in [2.24, 2.45) is 5.92 Å². The molecule has 13 nitrogen and oxygen atoms in total. The molecule has 5 atom stereocenters. The summed E-state index contributed by atoms with van der Waals surface area (Å²) < 4.78 is 5.30. The number of hydrogen-bond donors (Lipinski definition) is 4. The lowest BCUT2D eigenvalue weighted by Gasteiger charge is -2.38. The summed E-state index contributed by atoms with van der Waals surface area (Å²) in [6, 6.07) is 11.1. The summed E-state index contributed by atoms with van der Waals surface area (Å²) >= 11 is 0. The largest absolute Gasteiger partial charge is 0.633 e. The Morgan fingerprint density at radius 2 is 1.70 bits per heavy atom. The van der Waals surface area contributed by atoms with Gasteiger partial charge >= 0.3 is 6.03 Å². The Balaban J connectivity index is 1.61. The number of imide groups is 1. The van der Waals surface area contributed by atoms with Crippen LogP contribution in [0.25, 0.3) is 6.08 Å². The summed E-state index contributed by atoms with van der Waals surface area (Å²) in [5.41, 5.74) is 1.65. The van der Waals surface area contributed by atoms with Crippen molar-refractivity contribution in [1.82, 2.24) is 26.2 Å². The standard InChI is InChI=1S/C33H42N6O7/c1-20(2)27(36-33(44)37-29(40)21(3)39(4,5)45)32(43)38-18-16-26-28(38)31(42)35-25(19-23-9-7-6-8-10-23)30(41)34-17-15-22-11-13-24(46-26)14-12-22/h6-15,17,20-21,25-28H,16,18-19H2,1-5H3,(H,34,41)(H,35,42)(H2,36,37,40,44)/b17-15-/t21-,25+,26+,27+,28+/m1/s1. The molecule has 4 N–H and O–H groups in total. The minimum Gasteiger partial charge on any atom is -0.633 e. The fourth-order valence-electron chi connectivity index (χ4n) is 5.28. The minimum atomic E-state index is -1.14. The summed E-state index contributed by atoms with van der Waals surface area (Å²) in [4.78, 5) is 68.1. The molecule has 0 aromatic heterocycles. The van der Waals surface area contributed by atoms with Gasteiger partial charge in [0, 0.05) is 25.6 Å². The summed E-state index contributed by atoms with van der Waals surface area (Å²) in [6.45, 7) is 4.98. The van der Waals surface area contributed by atoms with Gasteiger partial charge in [0.15, 0.2) is 6.04 Å². The van der Waals surface area contributed by atoms with Crippen molar-refractivity contribution in [2.75, 3.05) is 20.6 Å². The zero-order valence-electron chi connectivity index (χ0n) is 26.7. The number of hydrogen-bond acceptors (Lipinski definition) is 7.